The van der Waals surface area contributed by atoms with Crippen molar-refractivity contribution in [3.8, 4) is 0 Å². The van der Waals surface area contributed by atoms with E-state index < -0.39 is 0 Å². The van der Waals surface area contributed by atoms with Crippen LogP contribution in [0, 0.1) is 11.3 Å². The number of hydrogen-bond donors (Lipinski definition) is 0. The van der Waals surface area contributed by atoms with Crippen molar-refractivity contribution in [3.05, 3.63) is 12.2 Å². The largest absolute Gasteiger partial charge is 0.299 e. The Morgan fingerprint density at radius 3 is 2.85 bits per heavy atom. The molecule has 2 aliphatic rings. The summed E-state index contributed by atoms with van der Waals surface area (Å²) in [6, 6.07) is 0. The van der Waals surface area contributed by atoms with E-state index >= 15 is 0 Å². The molecule has 0 N–H and O–H groups in total. The molecule has 0 amide bonds. The second kappa shape index (κ2) is 2.97. The summed E-state index contributed by atoms with van der Waals surface area (Å²) in [4.78, 5) is 11.7. The van der Waals surface area contributed by atoms with Crippen LogP contribution in [0.15, 0.2) is 12.2 Å². The smallest absolute Gasteiger partial charge is 0.136 e. The number of allylic oxidation sites excluding steroid dienone is 1. The van der Waals surface area contributed by atoms with Gasteiger partial charge in [-0.05, 0) is 37.5 Å². The molecule has 0 spiro atoms. The lowest BCUT2D eigenvalue weighted by Crippen LogP contribution is -2.41. The average molecular weight is 178 g/mol. The Morgan fingerprint density at radius 1 is 1.38 bits per heavy atom. The number of carbonyl (C=O) groups is 1. The Balaban J connectivity index is 2.29. The third-order valence-corrected chi connectivity index (χ3v) is 4.06. The minimum absolute atomic E-state index is 0.160. The third kappa shape index (κ3) is 1.25. The van der Waals surface area contributed by atoms with Crippen molar-refractivity contribution in [2.75, 3.05) is 0 Å². The topological polar surface area (TPSA) is 17.1 Å². The summed E-state index contributed by atoms with van der Waals surface area (Å²) < 4.78 is 0. The highest BCUT2D eigenvalue weighted by molar-refractivity contribution is 5.83. The molecule has 2 fully saturated rings. The van der Waals surface area contributed by atoms with E-state index in [4.69, 9.17) is 0 Å². The number of fused-ring (bicyclic) bond motifs is 1. The van der Waals surface area contributed by atoms with Crippen LogP contribution in [0.2, 0.25) is 0 Å². The van der Waals surface area contributed by atoms with E-state index in [0.29, 0.717) is 11.7 Å². The van der Waals surface area contributed by atoms with Gasteiger partial charge in [-0.2, -0.15) is 0 Å². The van der Waals surface area contributed by atoms with Gasteiger partial charge in [0.2, 0.25) is 0 Å². The molecule has 2 atom stereocenters. The van der Waals surface area contributed by atoms with Crippen molar-refractivity contribution >= 4 is 5.78 Å². The van der Waals surface area contributed by atoms with E-state index in [1.165, 1.54) is 18.4 Å². The average Bonchev–Trinajstić information content (AvgIpc) is 2.08. The van der Waals surface area contributed by atoms with Crippen LogP contribution in [0.3, 0.4) is 0 Å². The van der Waals surface area contributed by atoms with Gasteiger partial charge in [0.1, 0.15) is 5.78 Å². The standard InChI is InChI=1S/C12H18O/c1-9-5-3-6-10-11(13)7-4-8-12(9,10)2/h10H,1,3-8H2,2H3/t10-,12-/m1/s1. The van der Waals surface area contributed by atoms with Gasteiger partial charge in [0.25, 0.3) is 0 Å². The van der Waals surface area contributed by atoms with Crippen LogP contribution < -0.4 is 0 Å². The van der Waals surface area contributed by atoms with Gasteiger partial charge in [-0.25, -0.2) is 0 Å². The van der Waals surface area contributed by atoms with Gasteiger partial charge in [-0.1, -0.05) is 19.1 Å². The molecule has 13 heavy (non-hydrogen) atoms. The van der Waals surface area contributed by atoms with Crippen molar-refractivity contribution < 1.29 is 4.79 Å². The number of rotatable bonds is 0. The lowest BCUT2D eigenvalue weighted by atomic mass is 9.58. The molecular formula is C12H18O. The van der Waals surface area contributed by atoms with E-state index in [1.54, 1.807) is 0 Å². The quantitative estimate of drug-likeness (QED) is 0.521. The molecular weight excluding hydrogens is 160 g/mol. The Bertz CT molecular complexity index is 254. The molecule has 0 heterocycles. The number of carbonyl (C=O) groups excluding carboxylic acids is 1. The Kier molecular flexibility index (Phi) is 2.05. The number of Topliss-reactive ketones (excluding diaryl/α,β-unsaturated/α-hetero) is 1. The van der Waals surface area contributed by atoms with Gasteiger partial charge in [0.15, 0.2) is 0 Å². The Labute approximate surface area is 80.2 Å². The summed E-state index contributed by atoms with van der Waals surface area (Å²) in [6.45, 7) is 6.40. The summed E-state index contributed by atoms with van der Waals surface area (Å²) in [7, 11) is 0. The maximum atomic E-state index is 11.7. The Morgan fingerprint density at radius 2 is 2.15 bits per heavy atom. The summed E-state index contributed by atoms with van der Waals surface area (Å²) in [5, 5.41) is 0. The van der Waals surface area contributed by atoms with Crippen LogP contribution in [0.4, 0.5) is 0 Å². The molecule has 0 radical (unpaired) electrons. The molecule has 0 aromatic rings. The molecule has 0 unspecified atom stereocenters. The van der Waals surface area contributed by atoms with E-state index in [9.17, 15) is 4.79 Å². The summed E-state index contributed by atoms with van der Waals surface area (Å²) in [6.07, 6.45) is 6.49. The van der Waals surface area contributed by atoms with Crippen molar-refractivity contribution in [1.82, 2.24) is 0 Å². The lowest BCUT2D eigenvalue weighted by molar-refractivity contribution is -0.129. The van der Waals surface area contributed by atoms with E-state index in [0.717, 1.165) is 25.7 Å². The van der Waals surface area contributed by atoms with E-state index in [2.05, 4.69) is 13.5 Å². The molecule has 0 aliphatic heterocycles. The molecule has 2 rings (SSSR count). The first kappa shape index (κ1) is 8.98. The highest BCUT2D eigenvalue weighted by Gasteiger charge is 2.44. The van der Waals surface area contributed by atoms with Crippen LogP contribution in [0.1, 0.15) is 45.4 Å². The minimum atomic E-state index is 0.160. The molecule has 0 saturated heterocycles. The number of ketones is 1. The monoisotopic (exact) mass is 178 g/mol. The van der Waals surface area contributed by atoms with Crippen LogP contribution >= 0.6 is 0 Å². The minimum Gasteiger partial charge on any atom is -0.299 e. The van der Waals surface area contributed by atoms with E-state index in [-0.39, 0.29) is 5.41 Å². The van der Waals surface area contributed by atoms with Crippen molar-refractivity contribution in [3.63, 3.8) is 0 Å². The van der Waals surface area contributed by atoms with E-state index in [1.807, 2.05) is 0 Å². The highest BCUT2D eigenvalue weighted by atomic mass is 16.1. The summed E-state index contributed by atoms with van der Waals surface area (Å²) in [5.74, 6) is 0.803. The molecule has 72 valence electrons. The first-order chi connectivity index (χ1) is 6.14. The maximum absolute atomic E-state index is 11.7. The van der Waals surface area contributed by atoms with Gasteiger partial charge < -0.3 is 0 Å². The third-order valence-electron chi connectivity index (χ3n) is 4.06. The molecule has 0 aromatic carbocycles. The first-order valence-electron chi connectivity index (χ1n) is 5.35. The van der Waals surface area contributed by atoms with Crippen LogP contribution in [0.25, 0.3) is 0 Å². The van der Waals surface area contributed by atoms with Gasteiger partial charge in [-0.15, -0.1) is 0 Å². The first-order valence-corrected chi connectivity index (χ1v) is 5.35. The zero-order valence-electron chi connectivity index (χ0n) is 8.44. The summed E-state index contributed by atoms with van der Waals surface area (Å²) >= 11 is 0. The van der Waals surface area contributed by atoms with Crippen LogP contribution in [-0.4, -0.2) is 5.78 Å². The predicted molar refractivity (Wildman–Crippen MR) is 53.4 cm³/mol. The van der Waals surface area contributed by atoms with Gasteiger partial charge in [0, 0.05) is 12.3 Å². The second-order valence-electron chi connectivity index (χ2n) is 4.79. The van der Waals surface area contributed by atoms with Crippen LogP contribution in [-0.2, 0) is 4.79 Å². The number of hydrogen-bond acceptors (Lipinski definition) is 1. The van der Waals surface area contributed by atoms with Crippen molar-refractivity contribution in [2.45, 2.75) is 45.4 Å². The SMILES string of the molecule is C=C1CCC[C@@H]2C(=O)CCC[C@]12C. The molecule has 2 saturated carbocycles. The van der Waals surface area contributed by atoms with Gasteiger partial charge in [-0.3, -0.25) is 4.79 Å². The fraction of sp³-hybridized carbons (Fsp3) is 0.750. The molecule has 1 nitrogen and oxygen atoms in total. The zero-order chi connectivity index (χ0) is 9.47. The van der Waals surface area contributed by atoms with Crippen LogP contribution in [0.5, 0.6) is 0 Å². The predicted octanol–water partition coefficient (Wildman–Crippen LogP) is 3.10. The zero-order valence-corrected chi connectivity index (χ0v) is 8.44. The molecule has 0 aromatic heterocycles. The van der Waals surface area contributed by atoms with Crippen molar-refractivity contribution in [2.24, 2.45) is 11.3 Å². The van der Waals surface area contributed by atoms with Crippen molar-refractivity contribution in [1.29, 1.82) is 0 Å². The highest BCUT2D eigenvalue weighted by Crippen LogP contribution is 2.50. The Hall–Kier alpha value is -0.590. The molecule has 2 aliphatic carbocycles. The lowest BCUT2D eigenvalue weighted by Gasteiger charge is -2.45. The fourth-order valence-corrected chi connectivity index (χ4v) is 3.04. The fourth-order valence-electron chi connectivity index (χ4n) is 3.04. The van der Waals surface area contributed by atoms with Gasteiger partial charge >= 0.3 is 0 Å². The maximum Gasteiger partial charge on any atom is 0.136 e. The second-order valence-corrected chi connectivity index (χ2v) is 4.79. The molecule has 1 heteroatoms. The molecule has 0 bridgehead atoms. The summed E-state index contributed by atoms with van der Waals surface area (Å²) in [5.41, 5.74) is 1.49. The normalized spacial score (nSPS) is 40.2. The van der Waals surface area contributed by atoms with Gasteiger partial charge in [0.05, 0.1) is 0 Å².